The number of halogens is 4. The van der Waals surface area contributed by atoms with E-state index >= 15 is 0 Å². The Hall–Kier alpha value is -2.63. The van der Waals surface area contributed by atoms with Crippen molar-refractivity contribution in [1.82, 2.24) is 24.9 Å². The Balaban J connectivity index is 0.00000353. The summed E-state index contributed by atoms with van der Waals surface area (Å²) in [6, 6.07) is 5.14. The molecule has 4 aliphatic rings. The molecule has 8 nitrogen and oxygen atoms in total. The number of alkyl halides is 3. The normalized spacial score (nSPS) is 22.6. The van der Waals surface area contributed by atoms with E-state index in [-0.39, 0.29) is 60.3 Å². The van der Waals surface area contributed by atoms with Crippen molar-refractivity contribution in [2.24, 2.45) is 5.41 Å². The third-order valence-electron chi connectivity index (χ3n) is 9.33. The SMILES string of the molecule is Cl.O=C(c1cnn(C2CCN(CC3(C(=O)NCCO)CC3)CC2)c1C1CC1)N1CCCC1c1ccccc1C(F)(F)F. The second-order valence-electron chi connectivity index (χ2n) is 12.2. The smallest absolute Gasteiger partial charge is 0.395 e. The van der Waals surface area contributed by atoms with Crippen LogP contribution in [0.1, 0.15) is 96.5 Å². The number of nitrogens with one attached hydrogen (secondary N) is 1. The number of piperidine rings is 1. The maximum absolute atomic E-state index is 13.9. The number of hydrogen-bond donors (Lipinski definition) is 2. The van der Waals surface area contributed by atoms with Crippen molar-refractivity contribution >= 4 is 24.2 Å². The zero-order valence-corrected chi connectivity index (χ0v) is 24.4. The fourth-order valence-corrected chi connectivity index (χ4v) is 6.84. The van der Waals surface area contributed by atoms with Gasteiger partial charge in [0.25, 0.3) is 5.91 Å². The van der Waals surface area contributed by atoms with E-state index < -0.39 is 17.8 Å². The van der Waals surface area contributed by atoms with Crippen molar-refractivity contribution in [3.63, 3.8) is 0 Å². The summed E-state index contributed by atoms with van der Waals surface area (Å²) in [7, 11) is 0. The van der Waals surface area contributed by atoms with E-state index in [9.17, 15) is 22.8 Å². The number of carbonyl (C=O) groups is 2. The molecule has 1 atom stereocenters. The summed E-state index contributed by atoms with van der Waals surface area (Å²) in [5.41, 5.74) is 0.614. The fraction of sp³-hybridized carbons (Fsp3) is 0.633. The van der Waals surface area contributed by atoms with Crippen LogP contribution in [0.4, 0.5) is 13.2 Å². The van der Waals surface area contributed by atoms with Gasteiger partial charge in [0.15, 0.2) is 0 Å². The van der Waals surface area contributed by atoms with Crippen LogP contribution in [-0.4, -0.2) is 75.8 Å². The van der Waals surface area contributed by atoms with E-state index in [1.54, 1.807) is 17.2 Å². The first kappa shape index (κ1) is 30.8. The molecule has 2 N–H and O–H groups in total. The van der Waals surface area contributed by atoms with E-state index in [2.05, 4.69) is 10.2 Å². The molecule has 4 fully saturated rings. The Morgan fingerprint density at radius 2 is 1.76 bits per heavy atom. The average molecular weight is 610 g/mol. The van der Waals surface area contributed by atoms with Crippen LogP contribution >= 0.6 is 12.4 Å². The number of likely N-dealkylation sites (tertiary alicyclic amines) is 2. The molecule has 230 valence electrons. The van der Waals surface area contributed by atoms with E-state index in [4.69, 9.17) is 10.2 Å². The van der Waals surface area contributed by atoms with Crippen LogP contribution in [0.15, 0.2) is 30.5 Å². The fourth-order valence-electron chi connectivity index (χ4n) is 6.84. The minimum atomic E-state index is -4.48. The molecule has 0 spiro atoms. The van der Waals surface area contributed by atoms with Gasteiger partial charge in [-0.05, 0) is 63.0 Å². The zero-order valence-electron chi connectivity index (χ0n) is 23.6. The van der Waals surface area contributed by atoms with Gasteiger partial charge < -0.3 is 20.2 Å². The summed E-state index contributed by atoms with van der Waals surface area (Å²) < 4.78 is 43.4. The molecule has 12 heteroatoms. The Kier molecular flexibility index (Phi) is 8.93. The minimum absolute atomic E-state index is 0. The number of nitrogens with zero attached hydrogens (tertiary/aromatic N) is 4. The van der Waals surface area contributed by atoms with Crippen LogP contribution in [0.2, 0.25) is 0 Å². The number of aliphatic hydroxyl groups excluding tert-OH is 1. The van der Waals surface area contributed by atoms with E-state index in [1.165, 1.54) is 12.1 Å². The first-order valence-corrected chi connectivity index (χ1v) is 14.9. The predicted molar refractivity (Wildman–Crippen MR) is 152 cm³/mol. The van der Waals surface area contributed by atoms with Crippen LogP contribution in [0.25, 0.3) is 0 Å². The van der Waals surface area contributed by atoms with Crippen LogP contribution < -0.4 is 5.32 Å². The summed E-state index contributed by atoms with van der Waals surface area (Å²) >= 11 is 0. The van der Waals surface area contributed by atoms with Gasteiger partial charge in [0.05, 0.1) is 47.1 Å². The number of amides is 2. The molecule has 6 rings (SSSR count). The number of hydrogen-bond acceptors (Lipinski definition) is 5. The topological polar surface area (TPSA) is 90.7 Å². The highest BCUT2D eigenvalue weighted by Crippen LogP contribution is 2.48. The van der Waals surface area contributed by atoms with Gasteiger partial charge in [-0.1, -0.05) is 18.2 Å². The molecule has 42 heavy (non-hydrogen) atoms. The number of benzene rings is 1. The number of carbonyl (C=O) groups excluding carboxylic acids is 2. The molecule has 3 heterocycles. The zero-order chi connectivity index (χ0) is 28.8. The second kappa shape index (κ2) is 12.2. The van der Waals surface area contributed by atoms with Crippen molar-refractivity contribution in [3.8, 4) is 0 Å². The monoisotopic (exact) mass is 609 g/mol. The lowest BCUT2D eigenvalue weighted by molar-refractivity contribution is -0.138. The molecule has 2 aromatic rings. The van der Waals surface area contributed by atoms with Gasteiger partial charge in [-0.2, -0.15) is 18.3 Å². The lowest BCUT2D eigenvalue weighted by atomic mass is 9.97. The molecule has 2 aliphatic carbocycles. The Labute approximate surface area is 250 Å². The molecule has 2 amide bonds. The van der Waals surface area contributed by atoms with Gasteiger partial charge in [0.2, 0.25) is 5.91 Å². The molecule has 0 radical (unpaired) electrons. The van der Waals surface area contributed by atoms with Crippen LogP contribution in [-0.2, 0) is 11.0 Å². The van der Waals surface area contributed by atoms with Gasteiger partial charge >= 0.3 is 6.18 Å². The summed E-state index contributed by atoms with van der Waals surface area (Å²) in [5.74, 6) is 0.0561. The molecule has 2 aliphatic heterocycles. The molecule has 1 aromatic carbocycles. The highest BCUT2D eigenvalue weighted by Gasteiger charge is 2.51. The van der Waals surface area contributed by atoms with Crippen LogP contribution in [0, 0.1) is 5.41 Å². The third kappa shape index (κ3) is 6.05. The second-order valence-corrected chi connectivity index (χ2v) is 12.2. The summed E-state index contributed by atoms with van der Waals surface area (Å²) in [6.07, 6.45) is 3.73. The number of aromatic nitrogens is 2. The van der Waals surface area contributed by atoms with Gasteiger partial charge in [0, 0.05) is 38.6 Å². The highest BCUT2D eigenvalue weighted by atomic mass is 35.5. The van der Waals surface area contributed by atoms with E-state index in [0.717, 1.165) is 63.4 Å². The predicted octanol–water partition coefficient (Wildman–Crippen LogP) is 4.70. The highest BCUT2D eigenvalue weighted by molar-refractivity contribution is 5.96. The lowest BCUT2D eigenvalue weighted by Gasteiger charge is -2.35. The van der Waals surface area contributed by atoms with Crippen LogP contribution in [0.5, 0.6) is 0 Å². The Morgan fingerprint density at radius 3 is 2.40 bits per heavy atom. The van der Waals surface area contributed by atoms with Gasteiger partial charge in [-0.15, -0.1) is 12.4 Å². The molecule has 1 aromatic heterocycles. The minimum Gasteiger partial charge on any atom is -0.395 e. The molecular formula is C30H39ClF3N5O3. The molecule has 1 unspecified atom stereocenters. The molecule has 2 saturated carbocycles. The first-order chi connectivity index (χ1) is 19.7. The van der Waals surface area contributed by atoms with Crippen molar-refractivity contribution in [2.75, 3.05) is 39.3 Å². The Bertz CT molecular complexity index is 1290. The van der Waals surface area contributed by atoms with Gasteiger partial charge in [-0.25, -0.2) is 0 Å². The average Bonchev–Trinajstić information content (AvgIpc) is 3.87. The van der Waals surface area contributed by atoms with Gasteiger partial charge in [-0.3, -0.25) is 14.3 Å². The lowest BCUT2D eigenvalue weighted by Crippen LogP contribution is -2.44. The van der Waals surface area contributed by atoms with E-state index in [0.29, 0.717) is 31.5 Å². The van der Waals surface area contributed by atoms with Crippen molar-refractivity contribution < 1.29 is 27.9 Å². The van der Waals surface area contributed by atoms with Crippen molar-refractivity contribution in [2.45, 2.75) is 75.5 Å². The number of rotatable bonds is 9. The number of aliphatic hydroxyl groups is 1. The maximum Gasteiger partial charge on any atom is 0.416 e. The largest absolute Gasteiger partial charge is 0.416 e. The van der Waals surface area contributed by atoms with Crippen LogP contribution in [0.3, 0.4) is 0 Å². The van der Waals surface area contributed by atoms with E-state index in [1.807, 2.05) is 4.68 Å². The standard InChI is InChI=1S/C30H38F3N5O3.ClH/c31-30(32,33)24-5-2-1-4-22(24)25-6-3-14-37(25)27(40)23-18-35-38(26(23)20-7-8-20)21-9-15-36(16-10-21)19-29(11-12-29)28(41)34-13-17-39;/h1-2,4-5,18,20-21,25,39H,3,6-17,19H2,(H,34,41);1H. The molecule has 2 saturated heterocycles. The summed E-state index contributed by atoms with van der Waals surface area (Å²) in [5, 5.41) is 16.6. The Morgan fingerprint density at radius 1 is 1.05 bits per heavy atom. The van der Waals surface area contributed by atoms with Crippen molar-refractivity contribution in [1.29, 1.82) is 0 Å². The molecular weight excluding hydrogens is 571 g/mol. The summed E-state index contributed by atoms with van der Waals surface area (Å²) in [4.78, 5) is 30.5. The van der Waals surface area contributed by atoms with Crippen molar-refractivity contribution in [3.05, 3.63) is 52.8 Å². The van der Waals surface area contributed by atoms with Gasteiger partial charge in [0.1, 0.15) is 0 Å². The third-order valence-corrected chi connectivity index (χ3v) is 9.33. The molecule has 0 bridgehead atoms. The summed E-state index contributed by atoms with van der Waals surface area (Å²) in [6.45, 7) is 3.01. The first-order valence-electron chi connectivity index (χ1n) is 14.9. The maximum atomic E-state index is 13.9. The quantitative estimate of drug-likeness (QED) is 0.430.